The minimum Gasteiger partial charge on any atom is -0.497 e. The fraction of sp³-hybridized carbons (Fsp3) is 0.333. The van der Waals surface area contributed by atoms with E-state index in [2.05, 4.69) is 20.8 Å². The second-order valence-electron chi connectivity index (χ2n) is 7.90. The van der Waals surface area contributed by atoms with Crippen LogP contribution in [0.2, 0.25) is 0 Å². The molecule has 0 saturated heterocycles. The van der Waals surface area contributed by atoms with Gasteiger partial charge in [-0.1, -0.05) is 44.2 Å². The molecule has 0 radical (unpaired) electrons. The zero-order valence-corrected chi connectivity index (χ0v) is 18.5. The zero-order chi connectivity index (χ0) is 23.1. The minimum absolute atomic E-state index is 0.0420. The summed E-state index contributed by atoms with van der Waals surface area (Å²) in [6.07, 6.45) is 0.626. The topological polar surface area (TPSA) is 113 Å². The van der Waals surface area contributed by atoms with E-state index < -0.39 is 6.04 Å². The van der Waals surface area contributed by atoms with Gasteiger partial charge in [0.2, 0.25) is 11.8 Å². The smallest absolute Gasteiger partial charge is 0.272 e. The van der Waals surface area contributed by atoms with Crippen LogP contribution in [0.3, 0.4) is 0 Å². The molecule has 0 aliphatic carbocycles. The van der Waals surface area contributed by atoms with Crippen molar-refractivity contribution in [3.8, 4) is 5.75 Å². The predicted octanol–water partition coefficient (Wildman–Crippen LogP) is 1.97. The maximum absolute atomic E-state index is 12.7. The number of amides is 2. The van der Waals surface area contributed by atoms with E-state index in [-0.39, 0.29) is 29.7 Å². The van der Waals surface area contributed by atoms with Crippen LogP contribution in [0.1, 0.15) is 25.1 Å². The number of nitrogens with one attached hydrogen (secondary N) is 3. The van der Waals surface area contributed by atoms with Crippen molar-refractivity contribution in [2.24, 2.45) is 5.92 Å². The summed E-state index contributed by atoms with van der Waals surface area (Å²) >= 11 is 0. The second kappa shape index (κ2) is 10.6. The SMILES string of the molecule is COc1ccc(CCNC(=O)C(NC(=O)Cc2n[nH]c(=O)c3ccccc23)C(C)C)cc1. The van der Waals surface area contributed by atoms with E-state index in [1.165, 1.54) is 0 Å². The largest absolute Gasteiger partial charge is 0.497 e. The van der Waals surface area contributed by atoms with Crippen molar-refractivity contribution in [3.05, 3.63) is 70.1 Å². The average Bonchev–Trinajstić information content (AvgIpc) is 2.79. The number of methoxy groups -OCH3 is 1. The number of carbonyl (C=O) groups is 2. The monoisotopic (exact) mass is 436 g/mol. The van der Waals surface area contributed by atoms with Gasteiger partial charge in [0.1, 0.15) is 11.8 Å². The Morgan fingerprint density at radius 1 is 1.06 bits per heavy atom. The van der Waals surface area contributed by atoms with Crippen molar-refractivity contribution in [1.29, 1.82) is 0 Å². The van der Waals surface area contributed by atoms with Crippen molar-refractivity contribution in [2.45, 2.75) is 32.7 Å². The number of benzene rings is 2. The van der Waals surface area contributed by atoms with Gasteiger partial charge in [-0.05, 0) is 36.1 Å². The van der Waals surface area contributed by atoms with Crippen LogP contribution in [0.4, 0.5) is 0 Å². The van der Waals surface area contributed by atoms with Gasteiger partial charge in [0, 0.05) is 11.9 Å². The molecule has 168 valence electrons. The van der Waals surface area contributed by atoms with Gasteiger partial charge in [0.25, 0.3) is 5.56 Å². The average molecular weight is 437 g/mol. The Morgan fingerprint density at radius 2 is 1.75 bits per heavy atom. The first-order valence-corrected chi connectivity index (χ1v) is 10.6. The Labute approximate surface area is 186 Å². The molecule has 1 aromatic heterocycles. The second-order valence-corrected chi connectivity index (χ2v) is 7.90. The first kappa shape index (κ1) is 23.0. The highest BCUT2D eigenvalue weighted by Gasteiger charge is 2.24. The normalized spacial score (nSPS) is 11.9. The summed E-state index contributed by atoms with van der Waals surface area (Å²) in [6.45, 7) is 4.21. The summed E-state index contributed by atoms with van der Waals surface area (Å²) in [5.74, 6) is 0.116. The molecule has 1 heterocycles. The van der Waals surface area contributed by atoms with E-state index in [1.54, 1.807) is 31.4 Å². The van der Waals surface area contributed by atoms with E-state index in [9.17, 15) is 14.4 Å². The molecule has 0 bridgehead atoms. The van der Waals surface area contributed by atoms with Gasteiger partial charge in [-0.2, -0.15) is 5.10 Å². The number of aromatic amines is 1. The van der Waals surface area contributed by atoms with Crippen LogP contribution in [0, 0.1) is 5.92 Å². The number of H-pyrrole nitrogens is 1. The Kier molecular flexibility index (Phi) is 7.59. The quantitative estimate of drug-likeness (QED) is 0.475. The first-order valence-electron chi connectivity index (χ1n) is 10.6. The van der Waals surface area contributed by atoms with Crippen LogP contribution >= 0.6 is 0 Å². The summed E-state index contributed by atoms with van der Waals surface area (Å²) in [5.41, 5.74) is 1.23. The van der Waals surface area contributed by atoms with Crippen molar-refractivity contribution >= 4 is 22.6 Å². The van der Waals surface area contributed by atoms with Gasteiger partial charge in [-0.15, -0.1) is 0 Å². The number of carbonyl (C=O) groups excluding carboxylic acids is 2. The molecule has 8 heteroatoms. The van der Waals surface area contributed by atoms with Gasteiger partial charge < -0.3 is 15.4 Å². The predicted molar refractivity (Wildman–Crippen MR) is 123 cm³/mol. The number of hydrogen-bond acceptors (Lipinski definition) is 5. The van der Waals surface area contributed by atoms with Crippen molar-refractivity contribution in [3.63, 3.8) is 0 Å². The molecule has 32 heavy (non-hydrogen) atoms. The lowest BCUT2D eigenvalue weighted by molar-refractivity contribution is -0.129. The van der Waals surface area contributed by atoms with Crippen LogP contribution in [-0.2, 0) is 22.4 Å². The van der Waals surface area contributed by atoms with Crippen LogP contribution in [-0.4, -0.2) is 41.7 Å². The molecule has 3 N–H and O–H groups in total. The molecule has 1 unspecified atom stereocenters. The molecular formula is C24H28N4O4. The fourth-order valence-electron chi connectivity index (χ4n) is 3.45. The summed E-state index contributed by atoms with van der Waals surface area (Å²) in [7, 11) is 1.62. The highest BCUT2D eigenvalue weighted by atomic mass is 16.5. The van der Waals surface area contributed by atoms with Crippen LogP contribution < -0.4 is 20.9 Å². The van der Waals surface area contributed by atoms with Gasteiger partial charge in [0.15, 0.2) is 0 Å². The third-order valence-electron chi connectivity index (χ3n) is 5.24. The Hall–Kier alpha value is -3.68. The molecule has 2 amide bonds. The maximum Gasteiger partial charge on any atom is 0.272 e. The van der Waals surface area contributed by atoms with Crippen LogP contribution in [0.25, 0.3) is 10.8 Å². The molecule has 0 fully saturated rings. The maximum atomic E-state index is 12.7. The lowest BCUT2D eigenvalue weighted by atomic mass is 10.0. The van der Waals surface area contributed by atoms with Crippen LogP contribution in [0.15, 0.2) is 53.3 Å². The zero-order valence-electron chi connectivity index (χ0n) is 18.5. The molecule has 3 rings (SSSR count). The van der Waals surface area contributed by atoms with Gasteiger partial charge >= 0.3 is 0 Å². The Morgan fingerprint density at radius 3 is 2.41 bits per heavy atom. The minimum atomic E-state index is -0.674. The van der Waals surface area contributed by atoms with Gasteiger partial charge in [-0.3, -0.25) is 14.4 Å². The summed E-state index contributed by atoms with van der Waals surface area (Å²) in [4.78, 5) is 37.3. The van der Waals surface area contributed by atoms with Gasteiger partial charge in [-0.25, -0.2) is 5.10 Å². The molecule has 0 spiro atoms. The van der Waals surface area contributed by atoms with Crippen LogP contribution in [0.5, 0.6) is 5.75 Å². The number of nitrogens with zero attached hydrogens (tertiary/aromatic N) is 1. The molecule has 0 aliphatic heterocycles. The molecule has 3 aromatic rings. The van der Waals surface area contributed by atoms with E-state index in [1.807, 2.05) is 38.1 Å². The number of hydrogen-bond donors (Lipinski definition) is 3. The van der Waals surface area contributed by atoms with Gasteiger partial charge in [0.05, 0.1) is 24.6 Å². The molecule has 8 nitrogen and oxygen atoms in total. The van der Waals surface area contributed by atoms with Crippen molar-refractivity contribution < 1.29 is 14.3 Å². The highest BCUT2D eigenvalue weighted by molar-refractivity contribution is 5.91. The first-order chi connectivity index (χ1) is 15.4. The third-order valence-corrected chi connectivity index (χ3v) is 5.24. The standard InChI is InChI=1S/C24H28N4O4/c1-15(2)22(24(31)25-13-12-16-8-10-17(32-3)11-9-16)26-21(29)14-20-18-6-4-5-7-19(18)23(30)28-27-20/h4-11,15,22H,12-14H2,1-3H3,(H,25,31)(H,26,29)(H,28,30). The number of fused-ring (bicyclic) bond motifs is 1. The summed E-state index contributed by atoms with van der Waals surface area (Å²) < 4.78 is 5.15. The summed E-state index contributed by atoms with van der Waals surface area (Å²) in [6, 6.07) is 14.0. The Bertz CT molecular complexity index is 1140. The van der Waals surface area contributed by atoms with Crippen molar-refractivity contribution in [1.82, 2.24) is 20.8 Å². The van der Waals surface area contributed by atoms with E-state index in [0.717, 1.165) is 11.3 Å². The fourth-order valence-corrected chi connectivity index (χ4v) is 3.45. The van der Waals surface area contributed by atoms with E-state index in [0.29, 0.717) is 29.4 Å². The van der Waals surface area contributed by atoms with E-state index >= 15 is 0 Å². The highest BCUT2D eigenvalue weighted by Crippen LogP contribution is 2.14. The summed E-state index contributed by atoms with van der Waals surface area (Å²) in [5, 5.41) is 13.3. The van der Waals surface area contributed by atoms with E-state index in [4.69, 9.17) is 4.74 Å². The molecule has 0 saturated carbocycles. The number of rotatable bonds is 9. The lowest BCUT2D eigenvalue weighted by Gasteiger charge is -2.22. The lowest BCUT2D eigenvalue weighted by Crippen LogP contribution is -2.50. The number of aromatic nitrogens is 2. The molecule has 0 aliphatic rings. The molecule has 2 aromatic carbocycles. The molecular weight excluding hydrogens is 408 g/mol. The molecule has 1 atom stereocenters. The Balaban J connectivity index is 1.59. The third kappa shape index (κ3) is 5.72. The number of ether oxygens (including phenoxy) is 1. The van der Waals surface area contributed by atoms with Crippen molar-refractivity contribution in [2.75, 3.05) is 13.7 Å².